The molecule has 2 rings (SSSR count). The lowest BCUT2D eigenvalue weighted by Crippen LogP contribution is -2.39. The van der Waals surface area contributed by atoms with E-state index in [1.165, 1.54) is 4.31 Å². The van der Waals surface area contributed by atoms with Crippen molar-refractivity contribution in [1.29, 1.82) is 0 Å². The summed E-state index contributed by atoms with van der Waals surface area (Å²) in [4.78, 5) is 0.273. The molecule has 0 radical (unpaired) electrons. The second-order valence-corrected chi connectivity index (χ2v) is 7.68. The third kappa shape index (κ3) is 3.20. The van der Waals surface area contributed by atoms with Gasteiger partial charge in [0.2, 0.25) is 10.0 Å². The number of hydrogen-bond acceptors (Lipinski definition) is 4. The van der Waals surface area contributed by atoms with E-state index in [-0.39, 0.29) is 23.0 Å². The lowest BCUT2D eigenvalue weighted by atomic mass is 9.82. The molecule has 1 fully saturated rings. The van der Waals surface area contributed by atoms with Crippen molar-refractivity contribution in [2.75, 3.05) is 13.6 Å². The van der Waals surface area contributed by atoms with Crippen molar-refractivity contribution in [2.24, 2.45) is 11.7 Å². The maximum atomic E-state index is 12.5. The third-order valence-electron chi connectivity index (χ3n) is 3.82. The summed E-state index contributed by atoms with van der Waals surface area (Å²) in [6.45, 7) is 2.27. The highest BCUT2D eigenvalue weighted by Gasteiger charge is 2.31. The monoisotopic (exact) mass is 298 g/mol. The molecule has 112 valence electrons. The van der Waals surface area contributed by atoms with Gasteiger partial charge in [0.15, 0.2) is 0 Å². The Morgan fingerprint density at radius 2 is 2.10 bits per heavy atom. The molecular formula is C14H22N2O3S. The lowest BCUT2D eigenvalue weighted by molar-refractivity contribution is 0.0367. The molecular weight excluding hydrogens is 276 g/mol. The SMILES string of the molecule is CC(N)c1cccc(S(=O)(=O)N(C)CC2CC(O)C2)c1. The zero-order valence-corrected chi connectivity index (χ0v) is 12.7. The molecule has 0 aromatic heterocycles. The average molecular weight is 298 g/mol. The van der Waals surface area contributed by atoms with E-state index >= 15 is 0 Å². The topological polar surface area (TPSA) is 83.6 Å². The number of aliphatic hydroxyl groups excluding tert-OH is 1. The van der Waals surface area contributed by atoms with Gasteiger partial charge < -0.3 is 10.8 Å². The predicted octanol–water partition coefficient (Wildman–Crippen LogP) is 1.10. The molecule has 1 aromatic carbocycles. The van der Waals surface area contributed by atoms with E-state index in [0.29, 0.717) is 19.4 Å². The van der Waals surface area contributed by atoms with Crippen LogP contribution in [0.5, 0.6) is 0 Å². The molecule has 6 heteroatoms. The summed E-state index contributed by atoms with van der Waals surface area (Å²) < 4.78 is 26.3. The van der Waals surface area contributed by atoms with Gasteiger partial charge in [-0.2, -0.15) is 0 Å². The van der Waals surface area contributed by atoms with Crippen molar-refractivity contribution in [2.45, 2.75) is 36.8 Å². The molecule has 1 atom stereocenters. The van der Waals surface area contributed by atoms with Gasteiger partial charge in [0.05, 0.1) is 11.0 Å². The number of nitrogens with zero attached hydrogens (tertiary/aromatic N) is 1. The van der Waals surface area contributed by atoms with Crippen LogP contribution in [0.4, 0.5) is 0 Å². The van der Waals surface area contributed by atoms with E-state index in [9.17, 15) is 13.5 Å². The fraction of sp³-hybridized carbons (Fsp3) is 0.571. The maximum Gasteiger partial charge on any atom is 0.242 e. The number of sulfonamides is 1. The van der Waals surface area contributed by atoms with Crippen molar-refractivity contribution in [1.82, 2.24) is 4.31 Å². The molecule has 1 unspecified atom stereocenters. The molecule has 1 aliphatic carbocycles. The summed E-state index contributed by atoms with van der Waals surface area (Å²) >= 11 is 0. The molecule has 0 saturated heterocycles. The van der Waals surface area contributed by atoms with E-state index in [0.717, 1.165) is 5.56 Å². The van der Waals surface area contributed by atoms with E-state index in [1.54, 1.807) is 25.2 Å². The molecule has 1 saturated carbocycles. The van der Waals surface area contributed by atoms with Crippen LogP contribution in [0.2, 0.25) is 0 Å². The van der Waals surface area contributed by atoms with Crippen LogP contribution in [0.15, 0.2) is 29.2 Å². The van der Waals surface area contributed by atoms with E-state index in [2.05, 4.69) is 0 Å². The Balaban J connectivity index is 2.14. The van der Waals surface area contributed by atoms with Crippen LogP contribution < -0.4 is 5.73 Å². The first-order valence-electron chi connectivity index (χ1n) is 6.80. The van der Waals surface area contributed by atoms with Gasteiger partial charge in [0.25, 0.3) is 0 Å². The standard InChI is InChI=1S/C14H22N2O3S/c1-10(15)12-4-3-5-14(8-12)20(18,19)16(2)9-11-6-13(17)7-11/h3-5,8,10-11,13,17H,6-7,9,15H2,1-2H3. The number of hydrogen-bond donors (Lipinski definition) is 2. The number of nitrogens with two attached hydrogens (primary N) is 1. The fourth-order valence-electron chi connectivity index (χ4n) is 2.45. The van der Waals surface area contributed by atoms with Crippen molar-refractivity contribution in [3.05, 3.63) is 29.8 Å². The van der Waals surface area contributed by atoms with Crippen LogP contribution in [0.1, 0.15) is 31.4 Å². The molecule has 0 bridgehead atoms. The van der Waals surface area contributed by atoms with E-state index in [1.807, 2.05) is 13.0 Å². The summed E-state index contributed by atoms with van der Waals surface area (Å²) in [6, 6.07) is 6.56. The number of benzene rings is 1. The fourth-order valence-corrected chi connectivity index (χ4v) is 3.75. The summed E-state index contributed by atoms with van der Waals surface area (Å²) in [6.07, 6.45) is 1.09. The molecule has 0 spiro atoms. The molecule has 0 heterocycles. The zero-order valence-electron chi connectivity index (χ0n) is 11.9. The highest BCUT2D eigenvalue weighted by Crippen LogP contribution is 2.29. The minimum Gasteiger partial charge on any atom is -0.393 e. The summed E-state index contributed by atoms with van der Waals surface area (Å²) in [5.41, 5.74) is 6.60. The van der Waals surface area contributed by atoms with Crippen molar-refractivity contribution < 1.29 is 13.5 Å². The summed E-state index contributed by atoms with van der Waals surface area (Å²) in [5, 5.41) is 9.27. The third-order valence-corrected chi connectivity index (χ3v) is 5.64. The zero-order chi connectivity index (χ0) is 14.9. The average Bonchev–Trinajstić information content (AvgIpc) is 2.36. The first-order valence-corrected chi connectivity index (χ1v) is 8.24. The minimum atomic E-state index is -3.49. The highest BCUT2D eigenvalue weighted by atomic mass is 32.2. The summed E-state index contributed by atoms with van der Waals surface area (Å²) in [7, 11) is -1.91. The van der Waals surface area contributed by atoms with Crippen LogP contribution in [0, 0.1) is 5.92 Å². The van der Waals surface area contributed by atoms with Crippen LogP contribution >= 0.6 is 0 Å². The molecule has 1 aromatic rings. The number of rotatable bonds is 5. The summed E-state index contributed by atoms with van der Waals surface area (Å²) in [5.74, 6) is 0.251. The Bertz CT molecular complexity index is 566. The predicted molar refractivity (Wildman–Crippen MR) is 77.6 cm³/mol. The minimum absolute atomic E-state index is 0.197. The maximum absolute atomic E-state index is 12.5. The Morgan fingerprint density at radius 3 is 2.65 bits per heavy atom. The van der Waals surface area contributed by atoms with Crippen LogP contribution in [-0.4, -0.2) is 37.5 Å². The van der Waals surface area contributed by atoms with Gasteiger partial charge in [-0.3, -0.25) is 0 Å². The van der Waals surface area contributed by atoms with Crippen molar-refractivity contribution in [3.8, 4) is 0 Å². The first kappa shape index (κ1) is 15.4. The first-order chi connectivity index (χ1) is 9.30. The van der Waals surface area contributed by atoms with Gasteiger partial charge in [-0.25, -0.2) is 12.7 Å². The number of aliphatic hydroxyl groups is 1. The van der Waals surface area contributed by atoms with Gasteiger partial charge in [0.1, 0.15) is 0 Å². The van der Waals surface area contributed by atoms with Gasteiger partial charge in [0, 0.05) is 19.6 Å². The Labute approximate surface area is 120 Å². The molecule has 20 heavy (non-hydrogen) atoms. The lowest BCUT2D eigenvalue weighted by Gasteiger charge is -2.34. The van der Waals surface area contributed by atoms with Crippen LogP contribution in [0.25, 0.3) is 0 Å². The molecule has 0 aliphatic heterocycles. The Morgan fingerprint density at radius 1 is 1.45 bits per heavy atom. The van der Waals surface area contributed by atoms with Gasteiger partial charge in [-0.1, -0.05) is 12.1 Å². The molecule has 0 amide bonds. The van der Waals surface area contributed by atoms with Gasteiger partial charge >= 0.3 is 0 Å². The molecule has 5 nitrogen and oxygen atoms in total. The Kier molecular flexibility index (Phi) is 4.49. The molecule has 1 aliphatic rings. The Hall–Kier alpha value is -0.950. The van der Waals surface area contributed by atoms with E-state index < -0.39 is 10.0 Å². The second kappa shape index (κ2) is 5.81. The van der Waals surface area contributed by atoms with Crippen molar-refractivity contribution in [3.63, 3.8) is 0 Å². The van der Waals surface area contributed by atoms with E-state index in [4.69, 9.17) is 5.73 Å². The van der Waals surface area contributed by atoms with Crippen molar-refractivity contribution >= 4 is 10.0 Å². The highest BCUT2D eigenvalue weighted by molar-refractivity contribution is 7.89. The van der Waals surface area contributed by atoms with Crippen LogP contribution in [0.3, 0.4) is 0 Å². The normalized spacial score (nSPS) is 24.4. The largest absolute Gasteiger partial charge is 0.393 e. The van der Waals surface area contributed by atoms with Gasteiger partial charge in [-0.05, 0) is 43.4 Å². The molecule has 3 N–H and O–H groups in total. The second-order valence-electron chi connectivity index (χ2n) is 5.64. The quantitative estimate of drug-likeness (QED) is 0.852. The van der Waals surface area contributed by atoms with Crippen LogP contribution in [-0.2, 0) is 10.0 Å². The smallest absolute Gasteiger partial charge is 0.242 e. The van der Waals surface area contributed by atoms with Gasteiger partial charge in [-0.15, -0.1) is 0 Å².